The van der Waals surface area contributed by atoms with Crippen LogP contribution in [-0.4, -0.2) is 33.4 Å². The molecule has 0 aliphatic heterocycles. The Morgan fingerprint density at radius 2 is 1.90 bits per heavy atom. The first-order valence-electron chi connectivity index (χ1n) is 6.85. The fourth-order valence-electron chi connectivity index (χ4n) is 2.57. The van der Waals surface area contributed by atoms with Crippen LogP contribution in [-0.2, 0) is 14.6 Å². The number of benzene rings is 1. The highest BCUT2D eigenvalue weighted by atomic mass is 32.2. The predicted molar refractivity (Wildman–Crippen MR) is 76.3 cm³/mol. The molecule has 4 nitrogen and oxygen atoms in total. The lowest BCUT2D eigenvalue weighted by Crippen LogP contribution is -2.30. The SMILES string of the molecule is COC1CCCC(Nc2ccc(S(=O)(=O)C(F)F)cc2)C1. The molecule has 0 radical (unpaired) electrons. The lowest BCUT2D eigenvalue weighted by molar-refractivity contribution is 0.0669. The molecule has 1 aliphatic carbocycles. The maximum absolute atomic E-state index is 12.4. The van der Waals surface area contributed by atoms with Crippen molar-refractivity contribution in [1.29, 1.82) is 0 Å². The van der Waals surface area contributed by atoms with Gasteiger partial charge >= 0.3 is 5.76 Å². The normalized spacial score (nSPS) is 23.2. The second kappa shape index (κ2) is 6.70. The molecule has 2 rings (SSSR count). The number of alkyl halides is 2. The van der Waals surface area contributed by atoms with Crippen molar-refractivity contribution in [2.24, 2.45) is 0 Å². The molecule has 0 bridgehead atoms. The van der Waals surface area contributed by atoms with Crippen LogP contribution in [0.3, 0.4) is 0 Å². The first kappa shape index (κ1) is 16.2. The fourth-order valence-corrected chi connectivity index (χ4v) is 3.29. The average molecular weight is 319 g/mol. The van der Waals surface area contributed by atoms with Gasteiger partial charge in [0.1, 0.15) is 0 Å². The zero-order valence-electron chi connectivity index (χ0n) is 11.8. The number of sulfone groups is 1. The van der Waals surface area contributed by atoms with Gasteiger partial charge in [-0.25, -0.2) is 8.42 Å². The van der Waals surface area contributed by atoms with Gasteiger partial charge in [-0.2, -0.15) is 8.78 Å². The van der Waals surface area contributed by atoms with Crippen molar-refractivity contribution in [3.8, 4) is 0 Å². The van der Waals surface area contributed by atoms with Crippen molar-refractivity contribution >= 4 is 15.5 Å². The summed E-state index contributed by atoms with van der Waals surface area (Å²) in [6.45, 7) is 0. The first-order valence-corrected chi connectivity index (χ1v) is 8.39. The summed E-state index contributed by atoms with van der Waals surface area (Å²) in [5.41, 5.74) is 0.727. The molecule has 2 unspecified atom stereocenters. The van der Waals surface area contributed by atoms with Gasteiger partial charge < -0.3 is 10.1 Å². The molecular weight excluding hydrogens is 300 g/mol. The zero-order valence-corrected chi connectivity index (χ0v) is 12.6. The van der Waals surface area contributed by atoms with Gasteiger partial charge in [0, 0.05) is 18.8 Å². The summed E-state index contributed by atoms with van der Waals surface area (Å²) in [4.78, 5) is -0.360. The summed E-state index contributed by atoms with van der Waals surface area (Å²) in [6.07, 6.45) is 4.23. The van der Waals surface area contributed by atoms with Crippen LogP contribution in [0.25, 0.3) is 0 Å². The Hall–Kier alpha value is -1.21. The molecule has 0 spiro atoms. The molecule has 2 atom stereocenters. The highest BCUT2D eigenvalue weighted by Crippen LogP contribution is 2.25. The second-order valence-corrected chi connectivity index (χ2v) is 7.11. The van der Waals surface area contributed by atoms with E-state index in [2.05, 4.69) is 5.32 Å². The number of nitrogens with one attached hydrogen (secondary N) is 1. The smallest absolute Gasteiger partial charge is 0.341 e. The molecule has 1 aromatic rings. The van der Waals surface area contributed by atoms with Crippen molar-refractivity contribution in [1.82, 2.24) is 0 Å². The molecule has 118 valence electrons. The van der Waals surface area contributed by atoms with E-state index in [9.17, 15) is 17.2 Å². The van der Waals surface area contributed by atoms with Gasteiger partial charge in [-0.3, -0.25) is 0 Å². The quantitative estimate of drug-likeness (QED) is 0.906. The summed E-state index contributed by atoms with van der Waals surface area (Å²) in [6, 6.07) is 5.71. The maximum atomic E-state index is 12.4. The van der Waals surface area contributed by atoms with Crippen LogP contribution in [0.2, 0.25) is 0 Å². The van der Waals surface area contributed by atoms with E-state index < -0.39 is 15.6 Å². The van der Waals surface area contributed by atoms with Crippen molar-refractivity contribution in [2.45, 2.75) is 48.5 Å². The van der Waals surface area contributed by atoms with Crippen molar-refractivity contribution in [3.05, 3.63) is 24.3 Å². The first-order chi connectivity index (χ1) is 9.93. The van der Waals surface area contributed by atoms with E-state index in [1.807, 2.05) is 0 Å². The van der Waals surface area contributed by atoms with E-state index in [0.29, 0.717) is 0 Å². The van der Waals surface area contributed by atoms with Crippen LogP contribution in [0.1, 0.15) is 25.7 Å². The predicted octanol–water partition coefficient (Wildman–Crippen LogP) is 3.05. The summed E-state index contributed by atoms with van der Waals surface area (Å²) >= 11 is 0. The van der Waals surface area contributed by atoms with Crippen molar-refractivity contribution in [3.63, 3.8) is 0 Å². The largest absolute Gasteiger partial charge is 0.382 e. The molecule has 1 N–H and O–H groups in total. The molecule has 1 saturated carbocycles. The third-order valence-electron chi connectivity index (χ3n) is 3.75. The lowest BCUT2D eigenvalue weighted by atomic mass is 9.92. The Kier molecular flexibility index (Phi) is 5.16. The van der Waals surface area contributed by atoms with Crippen LogP contribution in [0.4, 0.5) is 14.5 Å². The molecule has 1 fully saturated rings. The summed E-state index contributed by atoms with van der Waals surface area (Å²) in [5, 5.41) is 3.29. The number of halogens is 2. The number of anilines is 1. The third kappa shape index (κ3) is 3.91. The van der Waals surface area contributed by atoms with Crippen LogP contribution < -0.4 is 5.32 Å². The molecule has 0 saturated heterocycles. The van der Waals surface area contributed by atoms with E-state index in [4.69, 9.17) is 4.74 Å². The highest BCUT2D eigenvalue weighted by molar-refractivity contribution is 7.91. The summed E-state index contributed by atoms with van der Waals surface area (Å²) in [7, 11) is -2.83. The van der Waals surface area contributed by atoms with Crippen LogP contribution >= 0.6 is 0 Å². The van der Waals surface area contributed by atoms with Gasteiger partial charge in [-0.1, -0.05) is 0 Å². The molecular formula is C14H19F2NO3S. The van der Waals surface area contributed by atoms with Crippen LogP contribution in [0.5, 0.6) is 0 Å². The molecule has 0 amide bonds. The number of hydrogen-bond acceptors (Lipinski definition) is 4. The minimum atomic E-state index is -4.52. The fraction of sp³-hybridized carbons (Fsp3) is 0.571. The van der Waals surface area contributed by atoms with Crippen molar-refractivity contribution in [2.75, 3.05) is 12.4 Å². The van der Waals surface area contributed by atoms with Gasteiger partial charge in [-0.15, -0.1) is 0 Å². The molecule has 7 heteroatoms. The van der Waals surface area contributed by atoms with Gasteiger partial charge in [0.2, 0.25) is 9.84 Å². The van der Waals surface area contributed by atoms with E-state index >= 15 is 0 Å². The average Bonchev–Trinajstić information content (AvgIpc) is 2.48. The lowest BCUT2D eigenvalue weighted by Gasteiger charge is -2.29. The Bertz CT molecular complexity index is 560. The Morgan fingerprint density at radius 3 is 2.48 bits per heavy atom. The minimum absolute atomic E-state index is 0.231. The Morgan fingerprint density at radius 1 is 1.24 bits per heavy atom. The molecule has 1 aromatic carbocycles. The topological polar surface area (TPSA) is 55.4 Å². The van der Waals surface area contributed by atoms with Crippen LogP contribution in [0.15, 0.2) is 29.2 Å². The molecule has 0 aromatic heterocycles. The van der Waals surface area contributed by atoms with Gasteiger partial charge in [0.05, 0.1) is 11.0 Å². The summed E-state index contributed by atoms with van der Waals surface area (Å²) < 4.78 is 52.9. The molecule has 0 heterocycles. The van der Waals surface area contributed by atoms with Crippen molar-refractivity contribution < 1.29 is 21.9 Å². The summed E-state index contributed by atoms with van der Waals surface area (Å²) in [5.74, 6) is -3.39. The minimum Gasteiger partial charge on any atom is -0.382 e. The number of ether oxygens (including phenoxy) is 1. The second-order valence-electron chi connectivity index (χ2n) is 5.20. The zero-order chi connectivity index (χ0) is 15.5. The van der Waals surface area contributed by atoms with Gasteiger partial charge in [0.25, 0.3) is 0 Å². The van der Waals surface area contributed by atoms with E-state index in [-0.39, 0.29) is 17.0 Å². The highest BCUT2D eigenvalue weighted by Gasteiger charge is 2.26. The Balaban J connectivity index is 2.03. The number of methoxy groups -OCH3 is 1. The van der Waals surface area contributed by atoms with E-state index in [0.717, 1.165) is 31.4 Å². The standard InChI is InChI=1S/C14H19F2NO3S/c1-20-12-4-2-3-11(9-12)17-10-5-7-13(8-6-10)21(18,19)14(15)16/h5-8,11-12,14,17H,2-4,9H2,1H3. The Labute approximate surface area is 123 Å². The maximum Gasteiger partial charge on any atom is 0.341 e. The van der Waals surface area contributed by atoms with E-state index in [1.165, 1.54) is 24.3 Å². The molecule has 1 aliphatic rings. The van der Waals surface area contributed by atoms with E-state index in [1.54, 1.807) is 7.11 Å². The monoisotopic (exact) mass is 319 g/mol. The number of hydrogen-bond donors (Lipinski definition) is 1. The molecule has 21 heavy (non-hydrogen) atoms. The van der Waals surface area contributed by atoms with Gasteiger partial charge in [-0.05, 0) is 49.9 Å². The third-order valence-corrected chi connectivity index (χ3v) is 5.15. The van der Waals surface area contributed by atoms with Gasteiger partial charge in [0.15, 0.2) is 0 Å². The number of rotatable bonds is 5. The van der Waals surface area contributed by atoms with Crippen LogP contribution in [0, 0.1) is 0 Å².